The minimum atomic E-state index is -0.371. The van der Waals surface area contributed by atoms with Gasteiger partial charge in [0.1, 0.15) is 5.71 Å². The highest BCUT2D eigenvalue weighted by Crippen LogP contribution is 2.21. The molecule has 1 heterocycles. The molecule has 0 aromatic carbocycles. The van der Waals surface area contributed by atoms with Gasteiger partial charge in [0, 0.05) is 0 Å². The third-order valence-electron chi connectivity index (χ3n) is 2.34. The standard InChI is InChI=1S/C7H14N4/c1-4(2)7(3)5(8)6(9)10-11-7/h4,8,11H,1-3H3,(H2,9,10). The molecule has 4 heteroatoms. The molecule has 0 bridgehead atoms. The van der Waals surface area contributed by atoms with Gasteiger partial charge in [0.05, 0.1) is 5.54 Å². The highest BCUT2D eigenvalue weighted by Gasteiger charge is 2.38. The zero-order valence-electron chi connectivity index (χ0n) is 7.10. The van der Waals surface area contributed by atoms with Crippen LogP contribution in [-0.4, -0.2) is 17.1 Å². The zero-order valence-corrected chi connectivity index (χ0v) is 7.10. The van der Waals surface area contributed by atoms with Crippen LogP contribution in [0.4, 0.5) is 0 Å². The predicted molar refractivity (Wildman–Crippen MR) is 45.7 cm³/mol. The van der Waals surface area contributed by atoms with Crippen molar-refractivity contribution in [2.45, 2.75) is 26.3 Å². The van der Waals surface area contributed by atoms with E-state index in [4.69, 9.17) is 11.1 Å². The van der Waals surface area contributed by atoms with Crippen LogP contribution in [0.15, 0.2) is 5.10 Å². The Morgan fingerprint density at radius 3 is 2.36 bits per heavy atom. The molecule has 0 spiro atoms. The number of nitrogens with zero attached hydrogens (tertiary/aromatic N) is 1. The third kappa shape index (κ3) is 0.982. The van der Waals surface area contributed by atoms with E-state index in [2.05, 4.69) is 10.5 Å². The summed E-state index contributed by atoms with van der Waals surface area (Å²) in [4.78, 5) is 0. The molecule has 0 radical (unpaired) electrons. The summed E-state index contributed by atoms with van der Waals surface area (Å²) in [5.74, 6) is 0.626. The quantitative estimate of drug-likeness (QED) is 0.508. The van der Waals surface area contributed by atoms with Crippen molar-refractivity contribution in [3.05, 3.63) is 0 Å². The number of nitrogens with one attached hydrogen (secondary N) is 2. The monoisotopic (exact) mass is 154 g/mol. The zero-order chi connectivity index (χ0) is 8.65. The van der Waals surface area contributed by atoms with Gasteiger partial charge in [-0.1, -0.05) is 13.8 Å². The molecule has 0 amide bonds. The van der Waals surface area contributed by atoms with Gasteiger partial charge in [0.2, 0.25) is 0 Å². The summed E-state index contributed by atoms with van der Waals surface area (Å²) >= 11 is 0. The average molecular weight is 154 g/mol. The number of hydrogen-bond donors (Lipinski definition) is 3. The molecule has 0 saturated heterocycles. The molecule has 4 N–H and O–H groups in total. The lowest BCUT2D eigenvalue weighted by Gasteiger charge is -2.27. The normalized spacial score (nSPS) is 30.5. The Morgan fingerprint density at radius 2 is 2.18 bits per heavy atom. The van der Waals surface area contributed by atoms with Gasteiger partial charge in [-0.15, -0.1) is 0 Å². The molecule has 0 aromatic heterocycles. The van der Waals surface area contributed by atoms with Crippen molar-refractivity contribution in [3.8, 4) is 0 Å². The smallest absolute Gasteiger partial charge is 0.166 e. The van der Waals surface area contributed by atoms with E-state index < -0.39 is 0 Å². The van der Waals surface area contributed by atoms with Gasteiger partial charge in [0.15, 0.2) is 5.84 Å². The second-order valence-electron chi connectivity index (χ2n) is 3.34. The fourth-order valence-electron chi connectivity index (χ4n) is 0.972. The highest BCUT2D eigenvalue weighted by molar-refractivity contribution is 6.44. The third-order valence-corrected chi connectivity index (χ3v) is 2.34. The predicted octanol–water partition coefficient (Wildman–Crippen LogP) is 0.296. The van der Waals surface area contributed by atoms with E-state index in [0.717, 1.165) is 0 Å². The van der Waals surface area contributed by atoms with Gasteiger partial charge >= 0.3 is 0 Å². The first-order valence-electron chi connectivity index (χ1n) is 3.68. The highest BCUT2D eigenvalue weighted by atomic mass is 15.4. The van der Waals surface area contributed by atoms with Crippen LogP contribution in [0.1, 0.15) is 20.8 Å². The maximum absolute atomic E-state index is 7.62. The second-order valence-corrected chi connectivity index (χ2v) is 3.34. The van der Waals surface area contributed by atoms with Gasteiger partial charge in [-0.25, -0.2) is 0 Å². The number of rotatable bonds is 1. The Kier molecular flexibility index (Phi) is 1.62. The van der Waals surface area contributed by atoms with E-state index in [1.165, 1.54) is 0 Å². The summed E-state index contributed by atoms with van der Waals surface area (Å²) in [5.41, 5.74) is 8.35. The molecular formula is C7H14N4. The summed E-state index contributed by atoms with van der Waals surface area (Å²) < 4.78 is 0. The fourth-order valence-corrected chi connectivity index (χ4v) is 0.972. The molecule has 0 aromatic rings. The van der Waals surface area contributed by atoms with Crippen molar-refractivity contribution in [3.63, 3.8) is 0 Å². The van der Waals surface area contributed by atoms with Crippen LogP contribution in [0.25, 0.3) is 0 Å². The molecule has 1 aliphatic heterocycles. The van der Waals surface area contributed by atoms with Crippen LogP contribution < -0.4 is 11.2 Å². The largest absolute Gasteiger partial charge is 0.381 e. The van der Waals surface area contributed by atoms with E-state index >= 15 is 0 Å². The fraction of sp³-hybridized carbons (Fsp3) is 0.714. The van der Waals surface area contributed by atoms with Crippen molar-refractivity contribution in [2.24, 2.45) is 16.8 Å². The molecular weight excluding hydrogens is 140 g/mol. The second kappa shape index (κ2) is 2.22. The summed E-state index contributed by atoms with van der Waals surface area (Å²) in [6, 6.07) is 0. The lowest BCUT2D eigenvalue weighted by atomic mass is 9.85. The molecule has 11 heavy (non-hydrogen) atoms. The SMILES string of the molecule is CC(C)C1(C)NN=C(N)C1=N. The van der Waals surface area contributed by atoms with E-state index in [1.54, 1.807) is 0 Å². The molecule has 4 nitrogen and oxygen atoms in total. The molecule has 0 saturated carbocycles. The Balaban J connectivity index is 2.88. The number of nitrogens with two attached hydrogens (primary N) is 1. The summed E-state index contributed by atoms with van der Waals surface area (Å²) in [7, 11) is 0. The van der Waals surface area contributed by atoms with Crippen LogP contribution >= 0.6 is 0 Å². The van der Waals surface area contributed by atoms with Crippen molar-refractivity contribution < 1.29 is 0 Å². The van der Waals surface area contributed by atoms with Crippen LogP contribution in [0.2, 0.25) is 0 Å². The molecule has 62 valence electrons. The van der Waals surface area contributed by atoms with Crippen LogP contribution in [-0.2, 0) is 0 Å². The molecule has 1 unspecified atom stereocenters. The first kappa shape index (κ1) is 8.04. The molecule has 0 fully saturated rings. The van der Waals surface area contributed by atoms with Crippen molar-refractivity contribution in [1.29, 1.82) is 5.41 Å². The topological polar surface area (TPSA) is 74.3 Å². The maximum atomic E-state index is 7.62. The summed E-state index contributed by atoms with van der Waals surface area (Å²) in [6.07, 6.45) is 0. The molecule has 1 aliphatic rings. The summed E-state index contributed by atoms with van der Waals surface area (Å²) in [6.45, 7) is 6.01. The number of hydrogen-bond acceptors (Lipinski definition) is 4. The number of hydrazone groups is 1. The minimum Gasteiger partial charge on any atom is -0.381 e. The lowest BCUT2D eigenvalue weighted by Crippen LogP contribution is -2.49. The van der Waals surface area contributed by atoms with Gasteiger partial charge < -0.3 is 5.73 Å². The lowest BCUT2D eigenvalue weighted by molar-refractivity contribution is 0.374. The Morgan fingerprint density at radius 1 is 1.64 bits per heavy atom. The van der Waals surface area contributed by atoms with E-state index in [1.807, 2.05) is 20.8 Å². The Labute approximate surface area is 66.4 Å². The van der Waals surface area contributed by atoms with Gasteiger partial charge in [0.25, 0.3) is 0 Å². The Bertz CT molecular complexity index is 218. The van der Waals surface area contributed by atoms with Crippen LogP contribution in [0.3, 0.4) is 0 Å². The first-order valence-corrected chi connectivity index (χ1v) is 3.68. The van der Waals surface area contributed by atoms with Crippen molar-refractivity contribution in [1.82, 2.24) is 5.43 Å². The van der Waals surface area contributed by atoms with E-state index in [-0.39, 0.29) is 5.54 Å². The average Bonchev–Trinajstić information content (AvgIpc) is 2.18. The van der Waals surface area contributed by atoms with Gasteiger partial charge in [-0.3, -0.25) is 10.8 Å². The van der Waals surface area contributed by atoms with Crippen molar-refractivity contribution in [2.75, 3.05) is 0 Å². The molecule has 1 atom stereocenters. The van der Waals surface area contributed by atoms with Gasteiger partial charge in [-0.05, 0) is 12.8 Å². The van der Waals surface area contributed by atoms with Crippen LogP contribution in [0.5, 0.6) is 0 Å². The summed E-state index contributed by atoms with van der Waals surface area (Å²) in [5, 5.41) is 11.4. The van der Waals surface area contributed by atoms with E-state index in [9.17, 15) is 0 Å². The van der Waals surface area contributed by atoms with E-state index in [0.29, 0.717) is 17.5 Å². The minimum absolute atomic E-state index is 0.307. The maximum Gasteiger partial charge on any atom is 0.166 e. The van der Waals surface area contributed by atoms with Crippen molar-refractivity contribution >= 4 is 11.5 Å². The Hall–Kier alpha value is -1.06. The van der Waals surface area contributed by atoms with Gasteiger partial charge in [-0.2, -0.15) is 5.10 Å². The first-order chi connectivity index (χ1) is 4.98. The molecule has 0 aliphatic carbocycles. The molecule has 1 rings (SSSR count). The number of amidine groups is 1. The van der Waals surface area contributed by atoms with Crippen LogP contribution in [0, 0.1) is 11.3 Å².